The van der Waals surface area contributed by atoms with Gasteiger partial charge in [0.05, 0.1) is 0 Å². The number of nitrogens with zero attached hydrogens (tertiary/aromatic N) is 5. The fourth-order valence-electron chi connectivity index (χ4n) is 5.66. The molecule has 228 valence electrons. The average Bonchev–Trinajstić information content (AvgIpc) is 3.15. The van der Waals surface area contributed by atoms with E-state index < -0.39 is 7.44 Å². The zero-order valence-corrected chi connectivity index (χ0v) is 26.5. The fraction of sp³-hybridized carbons (Fsp3) is 0. The van der Waals surface area contributed by atoms with E-state index in [4.69, 9.17) is 10.2 Å². The summed E-state index contributed by atoms with van der Waals surface area (Å²) in [5.41, 5.74) is 5.27. The largest absolute Gasteiger partial charge is 0.321 e. The molecule has 6 nitrogen and oxygen atoms in total. The molecule has 0 aliphatic carbocycles. The molecular weight excluding hydrogens is 597 g/mol. The molecule has 0 amide bonds. The molecule has 0 saturated heterocycles. The van der Waals surface area contributed by atoms with Crippen LogP contribution in [-0.2, 0) is 4.57 Å². The van der Waals surface area contributed by atoms with Crippen molar-refractivity contribution in [2.24, 2.45) is 0 Å². The third kappa shape index (κ3) is 6.02. The molecule has 0 radical (unpaired) electrons. The van der Waals surface area contributed by atoms with E-state index in [9.17, 15) is 0 Å². The van der Waals surface area contributed by atoms with Crippen molar-refractivity contribution in [1.82, 2.24) is 10.2 Å². The monoisotopic (exact) mass is 629 g/mol. The number of aromatic nitrogens is 2. The summed E-state index contributed by atoms with van der Waals surface area (Å²) in [7, 11) is -3.90. The summed E-state index contributed by atoms with van der Waals surface area (Å²) >= 11 is 0. The minimum atomic E-state index is -3.90. The van der Waals surface area contributed by atoms with Crippen LogP contribution < -0.4 is 19.7 Å². The number of para-hydroxylation sites is 6. The Balaban J connectivity index is 1.47. The lowest BCUT2D eigenvalue weighted by Gasteiger charge is -2.41. The van der Waals surface area contributed by atoms with Crippen LogP contribution in [0.5, 0.6) is 0 Å². The van der Waals surface area contributed by atoms with Gasteiger partial charge in [0, 0.05) is 34.1 Å². The molecule has 0 fully saturated rings. The quantitative estimate of drug-likeness (QED) is 0.140. The minimum Gasteiger partial charge on any atom is -0.294 e. The smallest absolute Gasteiger partial charge is 0.294 e. The van der Waals surface area contributed by atoms with Crippen LogP contribution in [0.1, 0.15) is 0 Å². The molecule has 0 bridgehead atoms. The average molecular weight is 630 g/mol. The third-order valence-electron chi connectivity index (χ3n) is 7.74. The van der Waals surface area contributed by atoms with Crippen LogP contribution in [0, 0.1) is 0 Å². The van der Waals surface area contributed by atoms with Crippen LogP contribution in [0.2, 0.25) is 0 Å². The van der Waals surface area contributed by atoms with Crippen molar-refractivity contribution in [2.45, 2.75) is 0 Å². The van der Waals surface area contributed by atoms with Crippen LogP contribution in [0.4, 0.5) is 39.9 Å². The second-order valence-corrected chi connectivity index (χ2v) is 13.1. The van der Waals surface area contributed by atoms with Crippen LogP contribution in [0.25, 0.3) is 0 Å². The van der Waals surface area contributed by atoms with Gasteiger partial charge in [-0.3, -0.25) is 18.8 Å². The van der Waals surface area contributed by atoms with Gasteiger partial charge in [0.1, 0.15) is 0 Å². The molecule has 47 heavy (non-hydrogen) atoms. The summed E-state index contributed by atoms with van der Waals surface area (Å²) in [6, 6.07) is 63.1. The second kappa shape index (κ2) is 13.6. The zero-order chi connectivity index (χ0) is 31.9. The summed E-state index contributed by atoms with van der Waals surface area (Å²) in [6.45, 7) is 0. The Morgan fingerprint density at radius 3 is 0.915 bits per heavy atom. The predicted molar refractivity (Wildman–Crippen MR) is 194 cm³/mol. The van der Waals surface area contributed by atoms with Gasteiger partial charge in [-0.2, -0.15) is 0 Å². The summed E-state index contributed by atoms with van der Waals surface area (Å²) in [4.78, 5) is 2.04. The molecule has 7 aromatic rings. The molecule has 0 N–H and O–H groups in total. The van der Waals surface area contributed by atoms with Gasteiger partial charge in [-0.25, -0.2) is 0 Å². The Morgan fingerprint density at radius 2 is 0.638 bits per heavy atom. The van der Waals surface area contributed by atoms with Crippen LogP contribution >= 0.6 is 7.44 Å². The highest BCUT2D eigenvalue weighted by atomic mass is 31.2. The van der Waals surface area contributed by atoms with Crippen LogP contribution in [0.3, 0.4) is 0 Å². The Kier molecular flexibility index (Phi) is 8.58. The molecule has 7 heteroatoms. The lowest BCUT2D eigenvalue weighted by molar-refractivity contribution is 0.580. The Hall–Kier alpha value is -5.97. The normalized spacial score (nSPS) is 11.1. The SMILES string of the molecule is O=P(c1ccc(N(c2ccccc2)c2ccccc2)nn1)(N(c1ccccc1)c1ccccc1)N(c1ccccc1)c1ccccc1. The van der Waals surface area contributed by atoms with E-state index in [1.807, 2.05) is 208 Å². The first-order chi connectivity index (χ1) is 23.2. The Labute approximate surface area is 275 Å². The molecular formula is C40H32N5OP. The van der Waals surface area contributed by atoms with E-state index in [0.29, 0.717) is 11.3 Å². The summed E-state index contributed by atoms with van der Waals surface area (Å²) < 4.78 is 20.4. The molecule has 1 aromatic heterocycles. The van der Waals surface area contributed by atoms with E-state index in [0.717, 1.165) is 34.1 Å². The number of anilines is 7. The maximum Gasteiger partial charge on any atom is 0.321 e. The molecule has 1 heterocycles. The van der Waals surface area contributed by atoms with Crippen LogP contribution in [0.15, 0.2) is 194 Å². The first kappa shape index (κ1) is 29.7. The van der Waals surface area contributed by atoms with Crippen molar-refractivity contribution in [3.63, 3.8) is 0 Å². The van der Waals surface area contributed by atoms with Gasteiger partial charge in [-0.05, 0) is 84.9 Å². The van der Waals surface area contributed by atoms with Crippen molar-refractivity contribution in [2.75, 3.05) is 14.2 Å². The number of rotatable bonds is 10. The third-order valence-corrected chi connectivity index (χ3v) is 10.6. The van der Waals surface area contributed by atoms with Crippen molar-refractivity contribution in [1.29, 1.82) is 0 Å². The lowest BCUT2D eigenvalue weighted by Crippen LogP contribution is -2.34. The van der Waals surface area contributed by atoms with Gasteiger partial charge in [0.15, 0.2) is 11.3 Å². The first-order valence-electron chi connectivity index (χ1n) is 15.4. The van der Waals surface area contributed by atoms with E-state index >= 15 is 4.57 Å². The van der Waals surface area contributed by atoms with E-state index in [1.165, 1.54) is 0 Å². The summed E-state index contributed by atoms with van der Waals surface area (Å²) in [5, 5.41) is 9.62. The molecule has 0 saturated carbocycles. The second-order valence-electron chi connectivity index (χ2n) is 10.8. The zero-order valence-electron chi connectivity index (χ0n) is 25.6. The van der Waals surface area contributed by atoms with E-state index in [1.54, 1.807) is 0 Å². The molecule has 0 aliphatic rings. The Bertz CT molecular complexity index is 1850. The van der Waals surface area contributed by atoms with Crippen molar-refractivity contribution in [3.8, 4) is 0 Å². The highest BCUT2D eigenvalue weighted by molar-refractivity contribution is 7.75. The van der Waals surface area contributed by atoms with Crippen molar-refractivity contribution in [3.05, 3.63) is 194 Å². The first-order valence-corrected chi connectivity index (χ1v) is 17.0. The van der Waals surface area contributed by atoms with E-state index in [-0.39, 0.29) is 0 Å². The number of hydrogen-bond acceptors (Lipinski definition) is 4. The predicted octanol–water partition coefficient (Wildman–Crippen LogP) is 10.4. The summed E-state index contributed by atoms with van der Waals surface area (Å²) in [5.74, 6) is 0.606. The lowest BCUT2D eigenvalue weighted by atomic mass is 10.2. The van der Waals surface area contributed by atoms with Gasteiger partial charge in [0.2, 0.25) is 0 Å². The van der Waals surface area contributed by atoms with Gasteiger partial charge >= 0.3 is 7.44 Å². The molecule has 0 aliphatic heterocycles. The van der Waals surface area contributed by atoms with Gasteiger partial charge in [-0.1, -0.05) is 109 Å². The molecule has 0 spiro atoms. The highest BCUT2D eigenvalue weighted by Crippen LogP contribution is 2.62. The maximum atomic E-state index is 16.6. The minimum absolute atomic E-state index is 0.336. The van der Waals surface area contributed by atoms with Gasteiger partial charge in [-0.15, -0.1) is 10.2 Å². The molecule has 6 aromatic carbocycles. The van der Waals surface area contributed by atoms with E-state index in [2.05, 4.69) is 0 Å². The molecule has 7 rings (SSSR count). The van der Waals surface area contributed by atoms with Crippen molar-refractivity contribution < 1.29 is 4.57 Å². The molecule has 0 atom stereocenters. The summed E-state index contributed by atoms with van der Waals surface area (Å²) in [6.07, 6.45) is 0. The molecule has 0 unspecified atom stereocenters. The van der Waals surface area contributed by atoms with Gasteiger partial charge in [0.25, 0.3) is 0 Å². The van der Waals surface area contributed by atoms with Crippen LogP contribution in [-0.4, -0.2) is 10.2 Å². The fourth-order valence-corrected chi connectivity index (χ4v) is 8.46. The maximum absolute atomic E-state index is 16.6. The standard InChI is InChI=1S/C40H32N5OP/c46-47(44(35-23-11-3-12-24-35)36-25-13-4-14-26-36,45(37-27-15-5-16-28-37)38-29-17-6-18-30-38)40-32-31-39(41-42-40)43(33-19-7-1-8-20-33)34-21-9-2-10-22-34/h1-32H. The Morgan fingerprint density at radius 1 is 0.340 bits per heavy atom. The van der Waals surface area contributed by atoms with Gasteiger partial charge < -0.3 is 0 Å². The topological polar surface area (TPSA) is 52.6 Å². The number of benzene rings is 6. The number of hydrogen-bond donors (Lipinski definition) is 0. The highest BCUT2D eigenvalue weighted by Gasteiger charge is 2.44. The van der Waals surface area contributed by atoms with Crippen molar-refractivity contribution >= 4 is 52.8 Å².